The zero-order valence-corrected chi connectivity index (χ0v) is 26.0. The van der Waals surface area contributed by atoms with Crippen molar-refractivity contribution in [3.05, 3.63) is 95.1 Å². The Morgan fingerprint density at radius 2 is 1.52 bits per heavy atom. The monoisotopic (exact) mass is 621 g/mol. The molecule has 2 saturated heterocycles. The van der Waals surface area contributed by atoms with Crippen LogP contribution in [0.2, 0.25) is 0 Å². The number of hydrazine groups is 1. The highest BCUT2D eigenvalue weighted by atomic mass is 16.5. The van der Waals surface area contributed by atoms with Crippen molar-refractivity contribution >= 4 is 29.3 Å². The van der Waals surface area contributed by atoms with Crippen molar-refractivity contribution < 1.29 is 33.8 Å². The number of carbonyl (C=O) groups is 4. The molecule has 1 saturated carbocycles. The molecule has 4 amide bonds. The minimum Gasteiger partial charge on any atom is -0.502 e. The highest BCUT2D eigenvalue weighted by Crippen LogP contribution is 2.64. The van der Waals surface area contributed by atoms with E-state index in [2.05, 4.69) is 5.43 Å². The van der Waals surface area contributed by atoms with E-state index in [4.69, 9.17) is 9.47 Å². The van der Waals surface area contributed by atoms with Crippen LogP contribution in [0.25, 0.3) is 0 Å². The fraction of sp³-hybridized carbons (Fsp3) is 0.333. The predicted octanol–water partition coefficient (Wildman–Crippen LogP) is 4.33. The first-order valence-electron chi connectivity index (χ1n) is 15.4. The van der Waals surface area contributed by atoms with E-state index in [1.807, 2.05) is 67.6 Å². The van der Waals surface area contributed by atoms with Crippen LogP contribution in [-0.4, -0.2) is 59.9 Å². The Kier molecular flexibility index (Phi) is 6.91. The van der Waals surface area contributed by atoms with E-state index in [9.17, 15) is 19.5 Å². The number of hydrogen-bond acceptors (Lipinski definition) is 8. The molecule has 6 atom stereocenters. The first-order chi connectivity index (χ1) is 22.1. The second-order valence-electron chi connectivity index (χ2n) is 12.6. The number of methoxy groups -OCH3 is 2. The third-order valence-electron chi connectivity index (χ3n) is 10.4. The summed E-state index contributed by atoms with van der Waals surface area (Å²) in [6.45, 7) is 1.95. The Morgan fingerprint density at radius 1 is 0.870 bits per heavy atom. The highest BCUT2D eigenvalue weighted by molar-refractivity contribution is 6.13. The number of aryl methyl sites for hydroxylation is 1. The van der Waals surface area contributed by atoms with Crippen molar-refractivity contribution in [3.63, 3.8) is 0 Å². The quantitative estimate of drug-likeness (QED) is 0.308. The van der Waals surface area contributed by atoms with Gasteiger partial charge in [0, 0.05) is 13.0 Å². The van der Waals surface area contributed by atoms with Gasteiger partial charge in [-0.2, -0.15) is 5.01 Å². The normalized spacial score (nSPS) is 28.4. The largest absolute Gasteiger partial charge is 0.502 e. The van der Waals surface area contributed by atoms with Gasteiger partial charge in [-0.25, -0.2) is 0 Å². The maximum atomic E-state index is 15.1. The number of ether oxygens (including phenoxy) is 2. The Balaban J connectivity index is 1.50. The van der Waals surface area contributed by atoms with Crippen molar-refractivity contribution in [1.82, 2.24) is 9.91 Å². The molecule has 236 valence electrons. The van der Waals surface area contributed by atoms with Gasteiger partial charge >= 0.3 is 0 Å². The summed E-state index contributed by atoms with van der Waals surface area (Å²) in [5.74, 6) is -4.58. The fourth-order valence-corrected chi connectivity index (χ4v) is 8.36. The van der Waals surface area contributed by atoms with Crippen molar-refractivity contribution in [1.29, 1.82) is 0 Å². The SMILES string of the molecule is COc1cc([C@H]2C3=CC[C@@H]4C(=O)N(C)C(=O)[C@@H]4[C@@H]3C[C@H]3C(=O)N(Nc4ccc(C)cc4)C(=O)[C@@]23c2ccccc2)cc(OC)c1O. The molecule has 0 unspecified atom stereocenters. The van der Waals surface area contributed by atoms with Gasteiger partial charge in [-0.15, -0.1) is 0 Å². The van der Waals surface area contributed by atoms with Crippen molar-refractivity contribution in [3.8, 4) is 17.2 Å². The molecule has 7 rings (SSSR count). The summed E-state index contributed by atoms with van der Waals surface area (Å²) in [5, 5.41) is 12.0. The van der Waals surface area contributed by atoms with Crippen LogP contribution in [0.4, 0.5) is 5.69 Å². The van der Waals surface area contributed by atoms with Crippen LogP contribution in [0.15, 0.2) is 78.4 Å². The average molecular weight is 622 g/mol. The molecule has 3 fully saturated rings. The third kappa shape index (κ3) is 4.01. The lowest BCUT2D eigenvalue weighted by Crippen LogP contribution is -2.53. The lowest BCUT2D eigenvalue weighted by molar-refractivity contribution is -0.140. The van der Waals surface area contributed by atoms with Gasteiger partial charge in [0.05, 0.1) is 43.1 Å². The van der Waals surface area contributed by atoms with Gasteiger partial charge in [-0.1, -0.05) is 59.7 Å². The molecule has 0 radical (unpaired) electrons. The van der Waals surface area contributed by atoms with E-state index in [0.29, 0.717) is 23.2 Å². The van der Waals surface area contributed by atoms with Gasteiger partial charge in [0.15, 0.2) is 11.5 Å². The molecule has 46 heavy (non-hydrogen) atoms. The number of carbonyl (C=O) groups excluding carboxylic acids is 4. The number of anilines is 1. The predicted molar refractivity (Wildman–Crippen MR) is 168 cm³/mol. The van der Waals surface area contributed by atoms with Crippen molar-refractivity contribution in [2.24, 2.45) is 23.7 Å². The standard InChI is InChI=1S/C36H35N3O7/c1-19-10-12-22(13-11-19)37-39-33(42)26-18-25-23(14-15-24-29(25)34(43)38(2)32(24)41)30(20-16-27(45-3)31(40)28(17-20)46-4)36(26,35(39)44)21-8-6-5-7-9-21/h5-14,16-17,24-26,29-30,37,40H,15,18H2,1-4H3/t24-,25+,26-,29-,30-,36+/m0/s1. The third-order valence-corrected chi connectivity index (χ3v) is 10.4. The first kappa shape index (κ1) is 29.6. The number of hydrogen-bond donors (Lipinski definition) is 2. The van der Waals surface area contributed by atoms with Crippen LogP contribution in [0.1, 0.15) is 35.4 Å². The summed E-state index contributed by atoms with van der Waals surface area (Å²) in [4.78, 5) is 57.8. The lowest BCUT2D eigenvalue weighted by Gasteiger charge is -2.50. The van der Waals surface area contributed by atoms with Crippen LogP contribution in [0, 0.1) is 30.6 Å². The zero-order valence-electron chi connectivity index (χ0n) is 26.0. The number of nitrogens with one attached hydrogen (secondary N) is 1. The number of amides is 4. The molecule has 2 N–H and O–H groups in total. The van der Waals surface area contributed by atoms with E-state index >= 15 is 4.79 Å². The smallest absolute Gasteiger partial charge is 0.260 e. The Bertz CT molecular complexity index is 1780. The molecule has 2 heterocycles. The number of imide groups is 2. The van der Waals surface area contributed by atoms with Crippen LogP contribution < -0.4 is 14.9 Å². The van der Waals surface area contributed by atoms with E-state index in [1.54, 1.807) is 12.1 Å². The number of aromatic hydroxyl groups is 1. The molecule has 2 aliphatic heterocycles. The Morgan fingerprint density at radius 3 is 2.15 bits per heavy atom. The maximum absolute atomic E-state index is 15.1. The molecule has 4 aliphatic rings. The minimum absolute atomic E-state index is 0.142. The molecule has 3 aromatic rings. The summed E-state index contributed by atoms with van der Waals surface area (Å²) in [6, 6.07) is 20.0. The Labute approximate surface area is 266 Å². The number of fused-ring (bicyclic) bond motifs is 4. The van der Waals surface area contributed by atoms with E-state index in [0.717, 1.165) is 16.1 Å². The van der Waals surface area contributed by atoms with E-state index in [-0.39, 0.29) is 35.5 Å². The van der Waals surface area contributed by atoms with Gasteiger partial charge in [0.25, 0.3) is 11.8 Å². The number of phenolic OH excluding ortho intramolecular Hbond substituents is 1. The molecule has 0 spiro atoms. The average Bonchev–Trinajstić information content (AvgIpc) is 3.42. The molecule has 3 aromatic carbocycles. The lowest BCUT2D eigenvalue weighted by atomic mass is 9.49. The van der Waals surface area contributed by atoms with Gasteiger partial charge < -0.3 is 14.6 Å². The number of phenols is 1. The van der Waals surface area contributed by atoms with E-state index < -0.39 is 46.8 Å². The van der Waals surface area contributed by atoms with Crippen molar-refractivity contribution in [2.75, 3.05) is 26.7 Å². The summed E-state index contributed by atoms with van der Waals surface area (Å²) >= 11 is 0. The van der Waals surface area contributed by atoms with Crippen LogP contribution >= 0.6 is 0 Å². The minimum atomic E-state index is -1.43. The van der Waals surface area contributed by atoms with Crippen LogP contribution in [0.3, 0.4) is 0 Å². The topological polar surface area (TPSA) is 125 Å². The molecule has 10 heteroatoms. The highest BCUT2D eigenvalue weighted by Gasteiger charge is 2.70. The Hall–Kier alpha value is -5.12. The second kappa shape index (κ2) is 10.8. The molecular weight excluding hydrogens is 586 g/mol. The summed E-state index contributed by atoms with van der Waals surface area (Å²) in [7, 11) is 4.36. The van der Waals surface area contributed by atoms with E-state index in [1.165, 1.54) is 26.2 Å². The number of rotatable bonds is 6. The molecule has 10 nitrogen and oxygen atoms in total. The molecule has 0 aromatic heterocycles. The molecule has 2 aliphatic carbocycles. The van der Waals surface area contributed by atoms with Gasteiger partial charge in [-0.05, 0) is 61.1 Å². The zero-order chi connectivity index (χ0) is 32.5. The molecule has 0 bridgehead atoms. The van der Waals surface area contributed by atoms with Crippen molar-refractivity contribution in [2.45, 2.75) is 31.1 Å². The van der Waals surface area contributed by atoms with Gasteiger partial charge in [0.1, 0.15) is 0 Å². The number of benzene rings is 3. The molecular formula is C36H35N3O7. The second-order valence-corrected chi connectivity index (χ2v) is 12.6. The number of allylic oxidation sites excluding steroid dienone is 2. The number of nitrogens with zero attached hydrogens (tertiary/aromatic N) is 2. The fourth-order valence-electron chi connectivity index (χ4n) is 8.36. The van der Waals surface area contributed by atoms with Crippen LogP contribution in [0.5, 0.6) is 17.2 Å². The summed E-state index contributed by atoms with van der Waals surface area (Å²) in [6.07, 6.45) is 2.52. The number of likely N-dealkylation sites (tertiary alicyclic amines) is 1. The van der Waals surface area contributed by atoms with Crippen LogP contribution in [-0.2, 0) is 24.6 Å². The maximum Gasteiger partial charge on any atom is 0.260 e. The summed E-state index contributed by atoms with van der Waals surface area (Å²) < 4.78 is 11.1. The van der Waals surface area contributed by atoms with Gasteiger partial charge in [-0.3, -0.25) is 29.5 Å². The van der Waals surface area contributed by atoms with Gasteiger partial charge in [0.2, 0.25) is 17.6 Å². The summed E-state index contributed by atoms with van der Waals surface area (Å²) in [5.41, 5.74) is 5.30. The first-order valence-corrected chi connectivity index (χ1v) is 15.4.